The summed E-state index contributed by atoms with van der Waals surface area (Å²) in [5, 5.41) is 12.7. The van der Waals surface area contributed by atoms with Gasteiger partial charge in [0.05, 0.1) is 0 Å². The molecule has 0 unspecified atom stereocenters. The number of fused-ring (bicyclic) bond motifs is 1. The van der Waals surface area contributed by atoms with Crippen molar-refractivity contribution in [1.29, 1.82) is 0 Å². The summed E-state index contributed by atoms with van der Waals surface area (Å²) >= 11 is 0. The first-order valence-electron chi connectivity index (χ1n) is 7.33. The van der Waals surface area contributed by atoms with Gasteiger partial charge < -0.3 is 24.8 Å². The molecule has 0 radical (unpaired) electrons. The normalized spacial score (nSPS) is 18.3. The van der Waals surface area contributed by atoms with Gasteiger partial charge in [0.15, 0.2) is 11.5 Å². The molecule has 6 heteroatoms. The largest absolute Gasteiger partial charge is 0.486 e. The van der Waals surface area contributed by atoms with Crippen LogP contribution in [0.15, 0.2) is 18.2 Å². The molecule has 1 aromatic rings. The molecule has 114 valence electrons. The lowest BCUT2D eigenvalue weighted by Gasteiger charge is -2.32. The van der Waals surface area contributed by atoms with E-state index < -0.39 is 6.09 Å². The molecule has 0 bridgehead atoms. The maximum absolute atomic E-state index is 11.5. The van der Waals surface area contributed by atoms with E-state index in [1.54, 1.807) is 0 Å². The number of benzene rings is 1. The van der Waals surface area contributed by atoms with Crippen molar-refractivity contribution in [1.82, 2.24) is 10.2 Å². The smallest absolute Gasteiger partial charge is 0.407 e. The van der Waals surface area contributed by atoms with Gasteiger partial charge in [-0.1, -0.05) is 6.07 Å². The van der Waals surface area contributed by atoms with Gasteiger partial charge >= 0.3 is 6.09 Å². The van der Waals surface area contributed by atoms with Gasteiger partial charge in [0, 0.05) is 12.6 Å². The second kappa shape index (κ2) is 6.22. The molecule has 2 aliphatic rings. The molecular formula is C15H20N2O4. The van der Waals surface area contributed by atoms with Gasteiger partial charge in [-0.25, -0.2) is 4.79 Å². The van der Waals surface area contributed by atoms with E-state index in [-0.39, 0.29) is 6.04 Å². The van der Waals surface area contributed by atoms with E-state index in [1.807, 2.05) is 18.2 Å². The molecule has 0 aromatic heterocycles. The third kappa shape index (κ3) is 3.21. The number of hydrogen-bond acceptors (Lipinski definition) is 4. The Bertz CT molecular complexity index is 514. The molecule has 1 aromatic carbocycles. The maximum Gasteiger partial charge on any atom is 0.407 e. The molecule has 2 N–H and O–H groups in total. The van der Waals surface area contributed by atoms with Crippen LogP contribution in [0.1, 0.15) is 18.4 Å². The predicted molar refractivity (Wildman–Crippen MR) is 76.9 cm³/mol. The fourth-order valence-corrected chi connectivity index (χ4v) is 2.85. The van der Waals surface area contributed by atoms with E-state index in [1.165, 1.54) is 4.90 Å². The lowest BCUT2D eigenvalue weighted by Crippen LogP contribution is -2.45. The van der Waals surface area contributed by atoms with Crippen LogP contribution in [0.25, 0.3) is 0 Å². The minimum Gasteiger partial charge on any atom is -0.486 e. The van der Waals surface area contributed by atoms with Crippen LogP contribution in [0.2, 0.25) is 0 Å². The van der Waals surface area contributed by atoms with Crippen molar-refractivity contribution in [2.75, 3.05) is 26.3 Å². The molecule has 1 saturated heterocycles. The van der Waals surface area contributed by atoms with Crippen LogP contribution in [-0.4, -0.2) is 48.4 Å². The molecule has 0 saturated carbocycles. The first kappa shape index (κ1) is 14.0. The van der Waals surface area contributed by atoms with Crippen LogP contribution in [-0.2, 0) is 6.54 Å². The van der Waals surface area contributed by atoms with Crippen LogP contribution >= 0.6 is 0 Å². The van der Waals surface area contributed by atoms with Crippen molar-refractivity contribution in [2.24, 2.45) is 0 Å². The summed E-state index contributed by atoms with van der Waals surface area (Å²) in [6.45, 7) is 3.22. The highest BCUT2D eigenvalue weighted by Gasteiger charge is 2.25. The van der Waals surface area contributed by atoms with E-state index in [0.717, 1.165) is 37.2 Å². The third-order valence-electron chi connectivity index (χ3n) is 3.95. The zero-order chi connectivity index (χ0) is 14.7. The fraction of sp³-hybridized carbons (Fsp3) is 0.533. The number of piperidine rings is 1. The Kier molecular flexibility index (Phi) is 4.15. The standard InChI is InChI=1S/C15H20N2O4/c18-15(19)17(12-3-5-16-6-4-12)10-11-1-2-13-14(9-11)21-8-7-20-13/h1-2,9,12,16H,3-8,10H2,(H,18,19). The molecule has 2 heterocycles. The van der Waals surface area contributed by atoms with Crippen LogP contribution in [0.5, 0.6) is 11.5 Å². The molecule has 2 aliphatic heterocycles. The predicted octanol–water partition coefficient (Wildman–Crippen LogP) is 1.69. The Labute approximate surface area is 123 Å². The van der Waals surface area contributed by atoms with Crippen molar-refractivity contribution >= 4 is 6.09 Å². The highest BCUT2D eigenvalue weighted by molar-refractivity contribution is 5.65. The summed E-state index contributed by atoms with van der Waals surface area (Å²) < 4.78 is 11.0. The Balaban J connectivity index is 1.74. The van der Waals surface area contributed by atoms with E-state index in [2.05, 4.69) is 5.32 Å². The molecule has 1 fully saturated rings. The Morgan fingerprint density at radius 2 is 1.95 bits per heavy atom. The van der Waals surface area contributed by atoms with Crippen LogP contribution in [0, 0.1) is 0 Å². The summed E-state index contributed by atoms with van der Waals surface area (Å²) in [5.41, 5.74) is 0.931. The molecule has 0 spiro atoms. The van der Waals surface area contributed by atoms with E-state index in [0.29, 0.717) is 25.5 Å². The van der Waals surface area contributed by atoms with Crippen molar-refractivity contribution in [3.63, 3.8) is 0 Å². The number of nitrogens with zero attached hydrogens (tertiary/aromatic N) is 1. The van der Waals surface area contributed by atoms with Gasteiger partial charge in [-0.15, -0.1) is 0 Å². The molecule has 1 amide bonds. The molecule has 3 rings (SSSR count). The first-order chi connectivity index (χ1) is 10.2. The Morgan fingerprint density at radius 1 is 1.24 bits per heavy atom. The highest BCUT2D eigenvalue weighted by atomic mass is 16.6. The Hall–Kier alpha value is -1.95. The quantitative estimate of drug-likeness (QED) is 0.887. The van der Waals surface area contributed by atoms with Crippen molar-refractivity contribution < 1.29 is 19.4 Å². The molecule has 0 aliphatic carbocycles. The zero-order valence-electron chi connectivity index (χ0n) is 11.9. The minimum atomic E-state index is -0.864. The number of carboxylic acid groups (broad SMARTS) is 1. The molecule has 0 atom stereocenters. The van der Waals surface area contributed by atoms with Gasteiger partial charge in [-0.2, -0.15) is 0 Å². The number of nitrogens with one attached hydrogen (secondary N) is 1. The van der Waals surface area contributed by atoms with Gasteiger partial charge in [0.1, 0.15) is 13.2 Å². The summed E-state index contributed by atoms with van der Waals surface area (Å²) in [6, 6.07) is 5.72. The number of amides is 1. The van der Waals surface area contributed by atoms with Gasteiger partial charge in [0.25, 0.3) is 0 Å². The topological polar surface area (TPSA) is 71.0 Å². The number of ether oxygens (including phenoxy) is 2. The average Bonchev–Trinajstić information content (AvgIpc) is 2.53. The van der Waals surface area contributed by atoms with Crippen molar-refractivity contribution in [2.45, 2.75) is 25.4 Å². The average molecular weight is 292 g/mol. The molecule has 6 nitrogen and oxygen atoms in total. The highest BCUT2D eigenvalue weighted by Crippen LogP contribution is 2.31. The minimum absolute atomic E-state index is 0.0805. The summed E-state index contributed by atoms with van der Waals surface area (Å²) in [5.74, 6) is 1.43. The van der Waals surface area contributed by atoms with Crippen LogP contribution in [0.3, 0.4) is 0 Å². The summed E-state index contributed by atoms with van der Waals surface area (Å²) in [7, 11) is 0. The summed E-state index contributed by atoms with van der Waals surface area (Å²) in [4.78, 5) is 13.1. The maximum atomic E-state index is 11.5. The van der Waals surface area contributed by atoms with Crippen molar-refractivity contribution in [3.8, 4) is 11.5 Å². The number of rotatable bonds is 3. The third-order valence-corrected chi connectivity index (χ3v) is 3.95. The van der Waals surface area contributed by atoms with E-state index in [4.69, 9.17) is 9.47 Å². The monoisotopic (exact) mass is 292 g/mol. The zero-order valence-corrected chi connectivity index (χ0v) is 11.9. The fourth-order valence-electron chi connectivity index (χ4n) is 2.85. The van der Waals surface area contributed by atoms with Gasteiger partial charge in [-0.3, -0.25) is 0 Å². The number of carbonyl (C=O) groups is 1. The summed E-state index contributed by atoms with van der Waals surface area (Å²) in [6.07, 6.45) is 0.852. The Morgan fingerprint density at radius 3 is 2.67 bits per heavy atom. The van der Waals surface area contributed by atoms with E-state index in [9.17, 15) is 9.90 Å². The van der Waals surface area contributed by atoms with E-state index >= 15 is 0 Å². The van der Waals surface area contributed by atoms with Gasteiger partial charge in [-0.05, 0) is 43.6 Å². The van der Waals surface area contributed by atoms with Crippen LogP contribution < -0.4 is 14.8 Å². The second-order valence-corrected chi connectivity index (χ2v) is 5.37. The first-order valence-corrected chi connectivity index (χ1v) is 7.33. The number of hydrogen-bond donors (Lipinski definition) is 2. The van der Waals surface area contributed by atoms with Crippen molar-refractivity contribution in [3.05, 3.63) is 23.8 Å². The second-order valence-electron chi connectivity index (χ2n) is 5.37. The lowest BCUT2D eigenvalue weighted by molar-refractivity contribution is 0.109. The SMILES string of the molecule is O=C(O)N(Cc1ccc2c(c1)OCCO2)C1CCNCC1. The molecular weight excluding hydrogens is 272 g/mol. The lowest BCUT2D eigenvalue weighted by atomic mass is 10.0. The van der Waals surface area contributed by atoms with Gasteiger partial charge in [0.2, 0.25) is 0 Å². The van der Waals surface area contributed by atoms with Crippen LogP contribution in [0.4, 0.5) is 4.79 Å². The molecule has 21 heavy (non-hydrogen) atoms.